The summed E-state index contributed by atoms with van der Waals surface area (Å²) in [6, 6.07) is 2.32. The lowest BCUT2D eigenvalue weighted by atomic mass is 9.52. The molecule has 9 heteroatoms. The molecule has 3 saturated carbocycles. The second-order valence-electron chi connectivity index (χ2n) is 10.6. The van der Waals surface area contributed by atoms with Crippen LogP contribution < -0.4 is 5.14 Å². The largest absolute Gasteiger partial charge is 0.458 e. The number of carbonyl (C=O) groups excluding carboxylic acids is 2. The number of sulfonamides is 1. The smallest absolute Gasteiger partial charge is 0.339 e. The molecule has 6 nitrogen and oxygen atoms in total. The number of rotatable bonds is 3. The van der Waals surface area contributed by atoms with E-state index >= 15 is 0 Å². The summed E-state index contributed by atoms with van der Waals surface area (Å²) < 4.78 is 29.7. The maximum absolute atomic E-state index is 13.1. The Hall–Kier alpha value is -1.41. The summed E-state index contributed by atoms with van der Waals surface area (Å²) >= 11 is 12.2. The fourth-order valence-corrected chi connectivity index (χ4v) is 8.82. The number of nitrogens with two attached hydrogens (primary N) is 1. The lowest BCUT2D eigenvalue weighted by molar-refractivity contribution is -0.116. The van der Waals surface area contributed by atoms with Gasteiger partial charge in [-0.25, -0.2) is 18.4 Å². The monoisotopic (exact) mass is 525 g/mol. The van der Waals surface area contributed by atoms with E-state index in [9.17, 15) is 18.0 Å². The molecular formula is C25H29Cl2NO5S. The predicted molar refractivity (Wildman–Crippen MR) is 129 cm³/mol. The zero-order valence-electron chi connectivity index (χ0n) is 19.1. The molecule has 0 spiro atoms. The number of allylic oxidation sites excluding steroid dienone is 1. The van der Waals surface area contributed by atoms with Crippen LogP contribution in [-0.2, 0) is 19.6 Å². The standard InChI is InChI=1S/C25H29Cl2NO5S/c1-25-9-8-16-15-5-3-14(29)10-13(15)2-4-17(16)19(25)6-7-23(25)33-24(30)18-11-22(34(28,31)32)21(27)12-20(18)26/h10-12,15-17,19,23H,2-9H2,1H3,(H2,28,31,32)/t15?,16?,17?,19?,23-,25-/m0/s1. The van der Waals surface area contributed by atoms with Gasteiger partial charge in [0, 0.05) is 11.8 Å². The predicted octanol–water partition coefficient (Wildman–Crippen LogP) is 5.31. The van der Waals surface area contributed by atoms with E-state index in [1.165, 1.54) is 11.6 Å². The van der Waals surface area contributed by atoms with Gasteiger partial charge in [-0.15, -0.1) is 0 Å². The van der Waals surface area contributed by atoms with Crippen LogP contribution in [0.2, 0.25) is 10.0 Å². The fourth-order valence-electron chi connectivity index (χ4n) is 7.42. The van der Waals surface area contributed by atoms with E-state index in [2.05, 4.69) is 6.92 Å². The molecule has 4 unspecified atom stereocenters. The third-order valence-corrected chi connectivity index (χ3v) is 10.7. The summed E-state index contributed by atoms with van der Waals surface area (Å²) in [6.07, 6.45) is 9.14. The molecule has 0 aliphatic heterocycles. The molecule has 0 heterocycles. The molecule has 0 radical (unpaired) electrons. The number of esters is 1. The zero-order valence-corrected chi connectivity index (χ0v) is 21.4. The Morgan fingerprint density at radius 3 is 2.56 bits per heavy atom. The lowest BCUT2D eigenvalue weighted by Crippen LogP contribution is -2.48. The molecule has 1 aromatic rings. The van der Waals surface area contributed by atoms with Crippen LogP contribution in [-0.4, -0.2) is 26.3 Å². The zero-order chi connectivity index (χ0) is 24.4. The van der Waals surface area contributed by atoms with Crippen LogP contribution >= 0.6 is 23.2 Å². The van der Waals surface area contributed by atoms with Gasteiger partial charge in [0.05, 0.1) is 15.6 Å². The summed E-state index contributed by atoms with van der Waals surface area (Å²) in [5.74, 6) is 1.77. The van der Waals surface area contributed by atoms with E-state index in [4.69, 9.17) is 33.1 Å². The molecule has 34 heavy (non-hydrogen) atoms. The van der Waals surface area contributed by atoms with Crippen LogP contribution in [0.25, 0.3) is 0 Å². The maximum atomic E-state index is 13.1. The van der Waals surface area contributed by atoms with Crippen LogP contribution in [0.1, 0.15) is 68.6 Å². The molecule has 0 aromatic heterocycles. The molecule has 5 rings (SSSR count). The van der Waals surface area contributed by atoms with E-state index in [0.717, 1.165) is 51.0 Å². The number of ketones is 1. The van der Waals surface area contributed by atoms with Gasteiger partial charge in [0.2, 0.25) is 10.0 Å². The second-order valence-corrected chi connectivity index (χ2v) is 13.0. The quantitative estimate of drug-likeness (QED) is 0.538. The van der Waals surface area contributed by atoms with Crippen molar-refractivity contribution in [3.8, 4) is 0 Å². The highest BCUT2D eigenvalue weighted by atomic mass is 35.5. The Bertz CT molecular complexity index is 1200. The third kappa shape index (κ3) is 4.02. The summed E-state index contributed by atoms with van der Waals surface area (Å²) in [6.45, 7) is 2.23. The van der Waals surface area contributed by atoms with Crippen LogP contribution in [0.5, 0.6) is 0 Å². The van der Waals surface area contributed by atoms with Gasteiger partial charge >= 0.3 is 5.97 Å². The first kappa shape index (κ1) is 24.3. The molecule has 1 aromatic carbocycles. The van der Waals surface area contributed by atoms with Crippen molar-refractivity contribution in [1.82, 2.24) is 0 Å². The van der Waals surface area contributed by atoms with E-state index in [-0.39, 0.29) is 37.8 Å². The molecule has 3 fully saturated rings. The Morgan fingerprint density at radius 1 is 1.06 bits per heavy atom. The average Bonchev–Trinajstić information content (AvgIpc) is 3.08. The van der Waals surface area contributed by atoms with Crippen molar-refractivity contribution < 1.29 is 22.7 Å². The van der Waals surface area contributed by atoms with Crippen molar-refractivity contribution in [2.24, 2.45) is 34.2 Å². The van der Waals surface area contributed by atoms with Crippen LogP contribution in [0.3, 0.4) is 0 Å². The Labute approximate surface area is 210 Å². The number of fused-ring (bicyclic) bond motifs is 5. The van der Waals surface area contributed by atoms with E-state index in [1.807, 2.05) is 6.08 Å². The Morgan fingerprint density at radius 2 is 1.82 bits per heavy atom. The lowest BCUT2D eigenvalue weighted by Gasteiger charge is -2.53. The number of hydrogen-bond acceptors (Lipinski definition) is 5. The van der Waals surface area contributed by atoms with Crippen LogP contribution in [0.4, 0.5) is 0 Å². The average molecular weight is 526 g/mol. The summed E-state index contributed by atoms with van der Waals surface area (Å²) in [5, 5.41) is 5.13. The van der Waals surface area contributed by atoms with Gasteiger partial charge in [-0.3, -0.25) is 4.79 Å². The van der Waals surface area contributed by atoms with Crippen molar-refractivity contribution in [2.75, 3.05) is 0 Å². The fraction of sp³-hybridized carbons (Fsp3) is 0.600. The van der Waals surface area contributed by atoms with Gasteiger partial charge in [0.15, 0.2) is 5.78 Å². The Balaban J connectivity index is 1.36. The number of carbonyl (C=O) groups is 2. The van der Waals surface area contributed by atoms with Gasteiger partial charge in [-0.05, 0) is 86.8 Å². The molecule has 4 aliphatic carbocycles. The van der Waals surface area contributed by atoms with Crippen molar-refractivity contribution in [3.63, 3.8) is 0 Å². The van der Waals surface area contributed by atoms with Gasteiger partial charge in [0.25, 0.3) is 0 Å². The van der Waals surface area contributed by atoms with Crippen molar-refractivity contribution >= 4 is 45.0 Å². The SMILES string of the molecule is C[C@]12CCC3C4CCC(=O)C=C4CCC3C1CC[C@@H]2OC(=O)c1cc(S(N)(=O)=O)c(Cl)cc1Cl. The summed E-state index contributed by atoms with van der Waals surface area (Å²) in [4.78, 5) is 24.7. The molecule has 0 saturated heterocycles. The first-order valence-corrected chi connectivity index (χ1v) is 14.3. The third-order valence-electron chi connectivity index (χ3n) is 9.01. The van der Waals surface area contributed by atoms with Crippen molar-refractivity contribution in [2.45, 2.75) is 69.3 Å². The minimum absolute atomic E-state index is 0.0317. The second kappa shape index (κ2) is 8.61. The highest BCUT2D eigenvalue weighted by molar-refractivity contribution is 7.89. The number of hydrogen-bond donors (Lipinski definition) is 1. The molecule has 6 atom stereocenters. The topological polar surface area (TPSA) is 104 Å². The number of halogens is 2. The molecule has 2 N–H and O–H groups in total. The molecule has 4 aliphatic rings. The molecule has 0 amide bonds. The van der Waals surface area contributed by atoms with Crippen LogP contribution in [0, 0.1) is 29.1 Å². The minimum atomic E-state index is -4.12. The van der Waals surface area contributed by atoms with Crippen molar-refractivity contribution in [3.05, 3.63) is 39.4 Å². The normalized spacial score (nSPS) is 35.1. The minimum Gasteiger partial charge on any atom is -0.458 e. The maximum Gasteiger partial charge on any atom is 0.339 e. The van der Waals surface area contributed by atoms with E-state index < -0.39 is 16.0 Å². The number of ether oxygens (including phenoxy) is 1. The van der Waals surface area contributed by atoms with E-state index in [0.29, 0.717) is 30.1 Å². The van der Waals surface area contributed by atoms with Gasteiger partial charge in [-0.1, -0.05) is 35.7 Å². The first-order valence-electron chi connectivity index (χ1n) is 11.9. The van der Waals surface area contributed by atoms with Gasteiger partial charge in [0.1, 0.15) is 11.0 Å². The number of primary sulfonamides is 1. The molecular weight excluding hydrogens is 497 g/mol. The molecule has 184 valence electrons. The Kier molecular flexibility index (Phi) is 6.15. The summed E-state index contributed by atoms with van der Waals surface area (Å²) in [5.41, 5.74) is 1.17. The first-order chi connectivity index (χ1) is 16.0. The van der Waals surface area contributed by atoms with Crippen LogP contribution in [0.15, 0.2) is 28.7 Å². The highest BCUT2D eigenvalue weighted by Gasteiger charge is 2.57. The van der Waals surface area contributed by atoms with Gasteiger partial charge < -0.3 is 4.74 Å². The molecule has 0 bridgehead atoms. The summed E-state index contributed by atoms with van der Waals surface area (Å²) in [7, 11) is -4.12. The van der Waals surface area contributed by atoms with Crippen molar-refractivity contribution in [1.29, 1.82) is 0 Å². The van der Waals surface area contributed by atoms with E-state index in [1.54, 1.807) is 0 Å². The number of benzene rings is 1. The van der Waals surface area contributed by atoms with Gasteiger partial charge in [-0.2, -0.15) is 0 Å². The highest BCUT2D eigenvalue weighted by Crippen LogP contribution is 2.62.